The van der Waals surface area contributed by atoms with Crippen LogP contribution >= 0.6 is 11.6 Å². The van der Waals surface area contributed by atoms with Gasteiger partial charge in [-0.2, -0.15) is 0 Å². The highest BCUT2D eigenvalue weighted by atomic mass is 35.5. The molecule has 0 radical (unpaired) electrons. The number of ether oxygens (including phenoxy) is 2. The average molecular weight is 165 g/mol. The Bertz CT molecular complexity index is 120. The van der Waals surface area contributed by atoms with E-state index in [1.54, 1.807) is 0 Å². The zero-order valence-electron chi connectivity index (χ0n) is 5.51. The number of carbonyl (C=O) groups excluding carboxylic acids is 1. The van der Waals surface area contributed by atoms with Crippen molar-refractivity contribution in [1.29, 1.82) is 0 Å². The van der Waals surface area contributed by atoms with Crippen LogP contribution < -0.4 is 0 Å². The van der Waals surface area contributed by atoms with Gasteiger partial charge in [0.05, 0.1) is 13.2 Å². The largest absolute Gasteiger partial charge is 0.459 e. The molecule has 0 saturated carbocycles. The van der Waals surface area contributed by atoms with Crippen LogP contribution in [0.15, 0.2) is 0 Å². The number of hydrogen-bond acceptors (Lipinski definition) is 3. The minimum Gasteiger partial charge on any atom is -0.459 e. The van der Waals surface area contributed by atoms with E-state index in [9.17, 15) is 4.79 Å². The molecule has 10 heavy (non-hydrogen) atoms. The summed E-state index contributed by atoms with van der Waals surface area (Å²) in [7, 11) is 0. The lowest BCUT2D eigenvalue weighted by molar-refractivity contribution is -0.145. The third kappa shape index (κ3) is 2.15. The van der Waals surface area contributed by atoms with Gasteiger partial charge in [0.25, 0.3) is 0 Å². The molecule has 1 atom stereocenters. The molecule has 0 spiro atoms. The first-order valence-corrected chi connectivity index (χ1v) is 3.69. The van der Waals surface area contributed by atoms with Gasteiger partial charge in [0.2, 0.25) is 0 Å². The number of halogens is 1. The molecule has 0 amide bonds. The zero-order valence-corrected chi connectivity index (χ0v) is 6.26. The van der Waals surface area contributed by atoms with Crippen molar-refractivity contribution in [3.8, 4) is 0 Å². The van der Waals surface area contributed by atoms with E-state index < -0.39 is 0 Å². The Morgan fingerprint density at radius 3 is 3.10 bits per heavy atom. The normalized spacial score (nSPS) is 24.7. The molecule has 3 nitrogen and oxygen atoms in total. The number of hydrogen-bond donors (Lipinski definition) is 0. The van der Waals surface area contributed by atoms with Crippen molar-refractivity contribution < 1.29 is 14.3 Å². The third-order valence-electron chi connectivity index (χ3n) is 1.30. The van der Waals surface area contributed by atoms with E-state index in [1.165, 1.54) is 0 Å². The Kier molecular flexibility index (Phi) is 2.96. The van der Waals surface area contributed by atoms with Gasteiger partial charge in [0.15, 0.2) is 0 Å². The second kappa shape index (κ2) is 3.78. The maximum absolute atomic E-state index is 10.6. The summed E-state index contributed by atoms with van der Waals surface area (Å²) in [6.45, 7) is 1.20. The van der Waals surface area contributed by atoms with Crippen LogP contribution in [0.1, 0.15) is 6.42 Å². The van der Waals surface area contributed by atoms with E-state index in [2.05, 4.69) is 0 Å². The lowest BCUT2D eigenvalue weighted by Gasteiger charge is -2.06. The summed E-state index contributed by atoms with van der Waals surface area (Å²) in [5, 5.41) is 0. The molecule has 0 aromatic rings. The molecule has 1 aliphatic rings. The summed E-state index contributed by atoms with van der Waals surface area (Å²) in [6, 6.07) is 0. The number of rotatable bonds is 2. The highest BCUT2D eigenvalue weighted by molar-refractivity contribution is 6.26. The van der Waals surface area contributed by atoms with Crippen LogP contribution in [0.2, 0.25) is 0 Å². The maximum atomic E-state index is 10.6. The molecule has 1 saturated heterocycles. The Morgan fingerprint density at radius 1 is 1.80 bits per heavy atom. The highest BCUT2D eigenvalue weighted by Gasteiger charge is 2.18. The molecule has 1 aliphatic heterocycles. The molecule has 0 aliphatic carbocycles. The van der Waals surface area contributed by atoms with Gasteiger partial charge in [0.1, 0.15) is 12.0 Å². The van der Waals surface area contributed by atoms with Crippen molar-refractivity contribution in [3.05, 3.63) is 0 Å². The molecule has 1 rings (SSSR count). The Hall–Kier alpha value is -0.280. The smallest absolute Gasteiger partial charge is 0.321 e. The van der Waals surface area contributed by atoms with Crippen LogP contribution in [-0.4, -0.2) is 31.2 Å². The number of carbonyl (C=O) groups is 1. The summed E-state index contributed by atoms with van der Waals surface area (Å²) in [5.41, 5.74) is 0. The van der Waals surface area contributed by atoms with Crippen LogP contribution in [0.4, 0.5) is 0 Å². The minimum atomic E-state index is -0.364. The van der Waals surface area contributed by atoms with E-state index in [1.807, 2.05) is 0 Å². The minimum absolute atomic E-state index is 0.0637. The molecule has 1 heterocycles. The van der Waals surface area contributed by atoms with E-state index in [0.29, 0.717) is 13.2 Å². The van der Waals surface area contributed by atoms with Gasteiger partial charge in [-0.3, -0.25) is 4.79 Å². The predicted octanol–water partition coefficient (Wildman–Crippen LogP) is 0.557. The molecule has 1 unspecified atom stereocenters. The maximum Gasteiger partial charge on any atom is 0.321 e. The molecular formula is C6H9ClO3. The molecule has 1 fully saturated rings. The van der Waals surface area contributed by atoms with Crippen molar-refractivity contribution in [1.82, 2.24) is 0 Å². The van der Waals surface area contributed by atoms with E-state index in [-0.39, 0.29) is 18.0 Å². The monoisotopic (exact) mass is 164 g/mol. The van der Waals surface area contributed by atoms with Crippen molar-refractivity contribution in [2.75, 3.05) is 19.1 Å². The van der Waals surface area contributed by atoms with Crippen LogP contribution in [0.5, 0.6) is 0 Å². The topological polar surface area (TPSA) is 35.5 Å². The first-order chi connectivity index (χ1) is 4.83. The van der Waals surface area contributed by atoms with Crippen molar-refractivity contribution in [2.24, 2.45) is 0 Å². The summed E-state index contributed by atoms with van der Waals surface area (Å²) in [6.07, 6.45) is 0.731. The van der Waals surface area contributed by atoms with E-state index in [4.69, 9.17) is 21.1 Å². The zero-order chi connectivity index (χ0) is 7.40. The fraction of sp³-hybridized carbons (Fsp3) is 0.833. The van der Waals surface area contributed by atoms with Gasteiger partial charge >= 0.3 is 5.97 Å². The van der Waals surface area contributed by atoms with Crippen LogP contribution in [0, 0.1) is 0 Å². The van der Waals surface area contributed by atoms with Gasteiger partial charge in [-0.25, -0.2) is 0 Å². The van der Waals surface area contributed by atoms with Crippen LogP contribution in [0.25, 0.3) is 0 Å². The standard InChI is InChI=1S/C6H9ClO3/c7-3-6(8)10-5-1-2-9-4-5/h5H,1-4H2. The third-order valence-corrected chi connectivity index (χ3v) is 1.51. The molecule has 0 aromatic carbocycles. The van der Waals surface area contributed by atoms with E-state index in [0.717, 1.165) is 6.42 Å². The lowest BCUT2D eigenvalue weighted by atomic mass is 10.3. The second-order valence-corrected chi connectivity index (χ2v) is 2.38. The fourth-order valence-electron chi connectivity index (χ4n) is 0.823. The predicted molar refractivity (Wildman–Crippen MR) is 36.0 cm³/mol. The number of esters is 1. The molecule has 0 aromatic heterocycles. The SMILES string of the molecule is O=C(CCl)OC1CCOC1. The first-order valence-electron chi connectivity index (χ1n) is 3.16. The molecular weight excluding hydrogens is 156 g/mol. The number of alkyl halides is 1. The van der Waals surface area contributed by atoms with E-state index >= 15 is 0 Å². The second-order valence-electron chi connectivity index (χ2n) is 2.11. The summed E-state index contributed by atoms with van der Waals surface area (Å²) >= 11 is 5.22. The average Bonchev–Trinajstić information content (AvgIpc) is 2.40. The van der Waals surface area contributed by atoms with Gasteiger partial charge < -0.3 is 9.47 Å². The molecule has 0 bridgehead atoms. The van der Waals surface area contributed by atoms with Gasteiger partial charge in [-0.15, -0.1) is 11.6 Å². The first kappa shape index (κ1) is 7.82. The Morgan fingerprint density at radius 2 is 2.60 bits per heavy atom. The van der Waals surface area contributed by atoms with Gasteiger partial charge in [0, 0.05) is 6.42 Å². The quantitative estimate of drug-likeness (QED) is 0.442. The lowest BCUT2D eigenvalue weighted by Crippen LogP contribution is -2.18. The van der Waals surface area contributed by atoms with Gasteiger partial charge in [-0.1, -0.05) is 0 Å². The molecule has 58 valence electrons. The Labute approximate surface area is 64.3 Å². The van der Waals surface area contributed by atoms with Crippen molar-refractivity contribution in [3.63, 3.8) is 0 Å². The fourth-order valence-corrected chi connectivity index (χ4v) is 0.886. The van der Waals surface area contributed by atoms with Crippen molar-refractivity contribution >= 4 is 17.6 Å². The summed E-state index contributed by atoms with van der Waals surface area (Å²) in [5.74, 6) is -0.437. The molecule has 4 heteroatoms. The summed E-state index contributed by atoms with van der Waals surface area (Å²) in [4.78, 5) is 10.6. The Balaban J connectivity index is 2.17. The highest BCUT2D eigenvalue weighted by Crippen LogP contribution is 2.08. The summed E-state index contributed by atoms with van der Waals surface area (Å²) < 4.78 is 9.85. The van der Waals surface area contributed by atoms with Gasteiger partial charge in [-0.05, 0) is 0 Å². The van der Waals surface area contributed by atoms with Crippen LogP contribution in [0.3, 0.4) is 0 Å². The van der Waals surface area contributed by atoms with Crippen molar-refractivity contribution in [2.45, 2.75) is 12.5 Å². The molecule has 0 N–H and O–H groups in total. The van der Waals surface area contributed by atoms with Crippen LogP contribution in [-0.2, 0) is 14.3 Å².